The Kier molecular flexibility index (Phi) is 3.88. The van der Waals surface area contributed by atoms with E-state index >= 15 is 0 Å². The molecule has 0 atom stereocenters. The van der Waals surface area contributed by atoms with Gasteiger partial charge >= 0.3 is 0 Å². The minimum absolute atomic E-state index is 0.0228. The maximum atomic E-state index is 11.4. The molecule has 0 aliphatic rings. The molecule has 80 valence electrons. The van der Waals surface area contributed by atoms with E-state index in [0.29, 0.717) is 0 Å². The molecular weight excluding hydrogens is 241 g/mol. The van der Waals surface area contributed by atoms with Crippen LogP contribution in [0.5, 0.6) is 0 Å². The normalized spacial score (nSPS) is 9.53. The van der Waals surface area contributed by atoms with E-state index in [0.717, 1.165) is 0 Å². The van der Waals surface area contributed by atoms with Crippen LogP contribution < -0.4 is 10.9 Å². The molecule has 0 fully saturated rings. The molecule has 15 heavy (non-hydrogen) atoms. The Bertz CT molecular complexity index is 409. The van der Waals surface area contributed by atoms with Crippen LogP contribution >= 0.6 is 23.2 Å². The Labute approximate surface area is 95.7 Å². The first-order valence-corrected chi connectivity index (χ1v) is 4.65. The van der Waals surface area contributed by atoms with Gasteiger partial charge in [-0.15, -0.1) is 0 Å². The number of pyridine rings is 1. The molecule has 7 heteroatoms. The Morgan fingerprint density at radius 3 is 2.47 bits per heavy atom. The van der Waals surface area contributed by atoms with Gasteiger partial charge < -0.3 is 0 Å². The lowest BCUT2D eigenvalue weighted by molar-refractivity contribution is -0.119. The number of aromatic nitrogens is 1. The van der Waals surface area contributed by atoms with Gasteiger partial charge in [0.05, 0.1) is 5.56 Å². The number of hydrazine groups is 1. The zero-order chi connectivity index (χ0) is 11.4. The number of nitrogens with one attached hydrogen (secondary N) is 2. The van der Waals surface area contributed by atoms with Crippen LogP contribution in [0.25, 0.3) is 0 Å². The molecule has 2 N–H and O–H groups in total. The number of hydrogen-bond acceptors (Lipinski definition) is 3. The fourth-order valence-electron chi connectivity index (χ4n) is 0.794. The van der Waals surface area contributed by atoms with Gasteiger partial charge in [-0.2, -0.15) is 0 Å². The van der Waals surface area contributed by atoms with Gasteiger partial charge in [0.1, 0.15) is 10.3 Å². The maximum absolute atomic E-state index is 11.4. The van der Waals surface area contributed by atoms with E-state index < -0.39 is 5.91 Å². The minimum atomic E-state index is -0.556. The topological polar surface area (TPSA) is 71.1 Å². The van der Waals surface area contributed by atoms with Gasteiger partial charge in [0.15, 0.2) is 0 Å². The van der Waals surface area contributed by atoms with Crippen molar-refractivity contribution in [2.24, 2.45) is 0 Å². The van der Waals surface area contributed by atoms with Crippen LogP contribution in [-0.4, -0.2) is 16.8 Å². The Morgan fingerprint density at radius 1 is 1.27 bits per heavy atom. The molecule has 1 aromatic rings. The van der Waals surface area contributed by atoms with Gasteiger partial charge in [-0.3, -0.25) is 20.4 Å². The number of nitrogens with zero attached hydrogens (tertiary/aromatic N) is 1. The molecule has 1 aromatic heterocycles. The van der Waals surface area contributed by atoms with Crippen molar-refractivity contribution in [3.63, 3.8) is 0 Å². The van der Waals surface area contributed by atoms with Crippen LogP contribution in [0.15, 0.2) is 12.1 Å². The van der Waals surface area contributed by atoms with E-state index in [1.807, 2.05) is 0 Å². The second-order valence-corrected chi connectivity index (χ2v) is 3.35. The van der Waals surface area contributed by atoms with Crippen LogP contribution in [0.4, 0.5) is 0 Å². The number of hydrogen-bond donors (Lipinski definition) is 2. The van der Waals surface area contributed by atoms with Crippen molar-refractivity contribution >= 4 is 35.0 Å². The molecule has 0 saturated heterocycles. The summed E-state index contributed by atoms with van der Waals surface area (Å²) in [6, 6.07) is 2.84. The van der Waals surface area contributed by atoms with E-state index in [1.54, 1.807) is 0 Å². The third-order valence-corrected chi connectivity index (χ3v) is 1.91. The highest BCUT2D eigenvalue weighted by molar-refractivity contribution is 6.34. The monoisotopic (exact) mass is 247 g/mol. The van der Waals surface area contributed by atoms with E-state index in [1.165, 1.54) is 19.1 Å². The number of carbonyl (C=O) groups excluding carboxylic acids is 2. The fourth-order valence-corrected chi connectivity index (χ4v) is 1.22. The van der Waals surface area contributed by atoms with Gasteiger partial charge in [0, 0.05) is 6.92 Å². The third-order valence-electron chi connectivity index (χ3n) is 1.41. The smallest absolute Gasteiger partial charge is 0.272 e. The first-order chi connectivity index (χ1) is 7.00. The summed E-state index contributed by atoms with van der Waals surface area (Å²) in [5.41, 5.74) is 4.41. The average Bonchev–Trinajstić information content (AvgIpc) is 2.14. The van der Waals surface area contributed by atoms with Gasteiger partial charge in [-0.05, 0) is 12.1 Å². The lowest BCUT2D eigenvalue weighted by Crippen LogP contribution is -2.40. The minimum Gasteiger partial charge on any atom is -0.274 e. The van der Waals surface area contributed by atoms with Crippen molar-refractivity contribution in [2.45, 2.75) is 6.92 Å². The molecule has 0 spiro atoms. The molecule has 5 nitrogen and oxygen atoms in total. The highest BCUT2D eigenvalue weighted by atomic mass is 35.5. The number of rotatable bonds is 1. The predicted molar refractivity (Wildman–Crippen MR) is 55.5 cm³/mol. The fraction of sp³-hybridized carbons (Fsp3) is 0.125. The molecule has 1 rings (SSSR count). The zero-order valence-electron chi connectivity index (χ0n) is 7.67. The van der Waals surface area contributed by atoms with E-state index in [4.69, 9.17) is 23.2 Å². The Hall–Kier alpha value is -1.33. The summed E-state index contributed by atoms with van der Waals surface area (Å²) < 4.78 is 0. The SMILES string of the molecule is CC(=O)NNC(=O)c1ccc(Cl)nc1Cl. The summed E-state index contributed by atoms with van der Waals surface area (Å²) in [6.45, 7) is 1.27. The van der Waals surface area contributed by atoms with Crippen LogP contribution in [-0.2, 0) is 4.79 Å². The first-order valence-electron chi connectivity index (χ1n) is 3.89. The van der Waals surface area contributed by atoms with Crippen molar-refractivity contribution in [1.29, 1.82) is 0 Å². The van der Waals surface area contributed by atoms with E-state index in [2.05, 4.69) is 15.8 Å². The average molecular weight is 248 g/mol. The molecule has 0 aliphatic carbocycles. The second-order valence-electron chi connectivity index (χ2n) is 2.61. The lowest BCUT2D eigenvalue weighted by Gasteiger charge is -2.05. The van der Waals surface area contributed by atoms with Crippen LogP contribution in [0.2, 0.25) is 10.3 Å². The molecule has 2 amide bonds. The second kappa shape index (κ2) is 4.95. The largest absolute Gasteiger partial charge is 0.274 e. The lowest BCUT2D eigenvalue weighted by atomic mass is 10.3. The summed E-state index contributed by atoms with van der Waals surface area (Å²) in [4.78, 5) is 25.6. The van der Waals surface area contributed by atoms with E-state index in [-0.39, 0.29) is 21.8 Å². The molecule has 0 aromatic carbocycles. The van der Waals surface area contributed by atoms with Crippen molar-refractivity contribution in [3.05, 3.63) is 28.0 Å². The van der Waals surface area contributed by atoms with Crippen molar-refractivity contribution < 1.29 is 9.59 Å². The molecule has 0 unspecified atom stereocenters. The van der Waals surface area contributed by atoms with Crippen LogP contribution in [0.1, 0.15) is 17.3 Å². The molecular formula is C8H7Cl2N3O2. The summed E-state index contributed by atoms with van der Waals surface area (Å²) >= 11 is 11.2. The summed E-state index contributed by atoms with van der Waals surface area (Å²) in [6.07, 6.45) is 0. The predicted octanol–water partition coefficient (Wildman–Crippen LogP) is 1.17. The van der Waals surface area contributed by atoms with Gasteiger partial charge in [-0.25, -0.2) is 4.98 Å². The van der Waals surface area contributed by atoms with Crippen LogP contribution in [0.3, 0.4) is 0 Å². The number of carbonyl (C=O) groups is 2. The Balaban J connectivity index is 2.78. The first kappa shape index (κ1) is 11.7. The highest BCUT2D eigenvalue weighted by Gasteiger charge is 2.11. The van der Waals surface area contributed by atoms with Crippen molar-refractivity contribution in [3.8, 4) is 0 Å². The molecule has 0 radical (unpaired) electrons. The maximum Gasteiger partial charge on any atom is 0.272 e. The Morgan fingerprint density at radius 2 is 1.93 bits per heavy atom. The van der Waals surface area contributed by atoms with Crippen molar-refractivity contribution in [1.82, 2.24) is 15.8 Å². The third kappa shape index (κ3) is 3.38. The van der Waals surface area contributed by atoms with E-state index in [9.17, 15) is 9.59 Å². The van der Waals surface area contributed by atoms with Crippen LogP contribution in [0, 0.1) is 0 Å². The number of halogens is 2. The van der Waals surface area contributed by atoms with Gasteiger partial charge in [0.25, 0.3) is 5.91 Å². The molecule has 0 bridgehead atoms. The zero-order valence-corrected chi connectivity index (χ0v) is 9.19. The standard InChI is InChI=1S/C8H7Cl2N3O2/c1-4(14)12-13-8(15)5-2-3-6(9)11-7(5)10/h2-3H,1H3,(H,12,14)(H,13,15). The highest BCUT2D eigenvalue weighted by Crippen LogP contribution is 2.15. The van der Waals surface area contributed by atoms with Crippen molar-refractivity contribution in [2.75, 3.05) is 0 Å². The molecule has 1 heterocycles. The number of amides is 2. The summed E-state index contributed by atoms with van der Waals surface area (Å²) in [5.74, 6) is -0.944. The summed E-state index contributed by atoms with van der Waals surface area (Å²) in [7, 11) is 0. The molecule has 0 saturated carbocycles. The summed E-state index contributed by atoms with van der Waals surface area (Å²) in [5, 5.41) is 0.168. The van der Waals surface area contributed by atoms with Gasteiger partial charge in [0.2, 0.25) is 5.91 Å². The quantitative estimate of drug-likeness (QED) is 0.578. The molecule has 0 aliphatic heterocycles. The van der Waals surface area contributed by atoms with Gasteiger partial charge in [-0.1, -0.05) is 23.2 Å².